The van der Waals surface area contributed by atoms with Gasteiger partial charge in [-0.1, -0.05) is 52.0 Å². The number of hydrogen-bond acceptors (Lipinski definition) is 1. The van der Waals surface area contributed by atoms with Crippen LogP contribution in [0.5, 0.6) is 0 Å². The Kier molecular flexibility index (Phi) is 9.07. The summed E-state index contributed by atoms with van der Waals surface area (Å²) in [5.41, 5.74) is 0. The van der Waals surface area contributed by atoms with Crippen molar-refractivity contribution < 1.29 is 4.79 Å². The molecule has 0 aliphatic rings. The van der Waals surface area contributed by atoms with Gasteiger partial charge in [0, 0.05) is 0 Å². The third-order valence-corrected chi connectivity index (χ3v) is 2.48. The van der Waals surface area contributed by atoms with Gasteiger partial charge in [0.15, 0.2) is 0 Å². The third-order valence-electron chi connectivity index (χ3n) is 2.48. The number of hydrogen-bond donors (Lipinski definition) is 0. The number of carbonyl (C=O) groups excluding carboxylic acids is 1. The predicted molar refractivity (Wildman–Crippen MR) is 57.7 cm³/mol. The molecule has 0 rings (SSSR count). The molecule has 0 saturated heterocycles. The smallest absolute Gasteiger partial charge is 0.142 e. The first-order valence-electron chi connectivity index (χ1n) is 5.45. The Morgan fingerprint density at radius 1 is 1.23 bits per heavy atom. The van der Waals surface area contributed by atoms with E-state index < -0.39 is 0 Å². The molecular formula is C12H22O. The Hall–Kier alpha value is -0.590. The van der Waals surface area contributed by atoms with E-state index in [1.807, 2.05) is 6.08 Å². The Morgan fingerprint density at radius 2 is 2.00 bits per heavy atom. The highest BCUT2D eigenvalue weighted by Crippen LogP contribution is 2.17. The van der Waals surface area contributed by atoms with Crippen LogP contribution in [-0.4, -0.2) is 6.29 Å². The zero-order valence-corrected chi connectivity index (χ0v) is 8.96. The average molecular weight is 182 g/mol. The number of unbranched alkanes of at least 4 members (excludes halogenated alkanes) is 2. The van der Waals surface area contributed by atoms with Gasteiger partial charge in [0.05, 0.1) is 0 Å². The summed E-state index contributed by atoms with van der Waals surface area (Å²) in [6.45, 7) is 4.46. The van der Waals surface area contributed by atoms with Crippen molar-refractivity contribution in [3.05, 3.63) is 12.2 Å². The van der Waals surface area contributed by atoms with Crippen LogP contribution in [0.4, 0.5) is 0 Å². The Labute approximate surface area is 82.2 Å². The maximum atomic E-state index is 10.0. The van der Waals surface area contributed by atoms with Crippen molar-refractivity contribution >= 4 is 6.29 Å². The lowest BCUT2D eigenvalue weighted by Crippen LogP contribution is -1.96. The second kappa shape index (κ2) is 9.50. The first-order chi connectivity index (χ1) is 6.35. The SMILES string of the molecule is CCCCC[C@H](CC)C/C=C/C=O. The minimum atomic E-state index is 0.780. The topological polar surface area (TPSA) is 17.1 Å². The molecule has 0 aromatic heterocycles. The molecule has 0 aromatic carbocycles. The van der Waals surface area contributed by atoms with Gasteiger partial charge in [0.2, 0.25) is 0 Å². The minimum Gasteiger partial charge on any atom is -0.299 e. The fourth-order valence-corrected chi connectivity index (χ4v) is 1.50. The average Bonchev–Trinajstić information content (AvgIpc) is 2.16. The zero-order valence-electron chi connectivity index (χ0n) is 8.96. The summed E-state index contributed by atoms with van der Waals surface area (Å²) < 4.78 is 0. The molecule has 0 radical (unpaired) electrons. The molecule has 0 amide bonds. The van der Waals surface area contributed by atoms with E-state index >= 15 is 0 Å². The van der Waals surface area contributed by atoms with Crippen LogP contribution in [0.3, 0.4) is 0 Å². The number of carbonyl (C=O) groups is 1. The standard InChI is InChI=1S/C12H22O/c1-3-5-6-9-12(4-2)10-7-8-11-13/h7-8,11-12H,3-6,9-10H2,1-2H3/b8-7+/t12-/m0/s1. The maximum absolute atomic E-state index is 10.0. The minimum absolute atomic E-state index is 0.780. The largest absolute Gasteiger partial charge is 0.299 e. The van der Waals surface area contributed by atoms with Crippen molar-refractivity contribution in [2.24, 2.45) is 5.92 Å². The van der Waals surface area contributed by atoms with Crippen LogP contribution < -0.4 is 0 Å². The molecule has 0 heterocycles. The van der Waals surface area contributed by atoms with Gasteiger partial charge in [-0.05, 0) is 18.4 Å². The molecule has 76 valence electrons. The number of allylic oxidation sites excluding steroid dienone is 2. The van der Waals surface area contributed by atoms with Crippen molar-refractivity contribution in [2.75, 3.05) is 0 Å². The van der Waals surface area contributed by atoms with Gasteiger partial charge in [0.1, 0.15) is 6.29 Å². The molecule has 0 aliphatic heterocycles. The van der Waals surface area contributed by atoms with Gasteiger partial charge in [-0.15, -0.1) is 0 Å². The van der Waals surface area contributed by atoms with Crippen LogP contribution >= 0.6 is 0 Å². The van der Waals surface area contributed by atoms with E-state index in [0.717, 1.165) is 18.6 Å². The highest BCUT2D eigenvalue weighted by atomic mass is 16.1. The molecule has 0 aromatic rings. The summed E-state index contributed by atoms with van der Waals surface area (Å²) in [5, 5.41) is 0. The summed E-state index contributed by atoms with van der Waals surface area (Å²) in [4.78, 5) is 10.0. The van der Waals surface area contributed by atoms with E-state index in [4.69, 9.17) is 0 Å². The van der Waals surface area contributed by atoms with Gasteiger partial charge in [-0.2, -0.15) is 0 Å². The Morgan fingerprint density at radius 3 is 2.54 bits per heavy atom. The summed E-state index contributed by atoms with van der Waals surface area (Å²) in [6, 6.07) is 0. The van der Waals surface area contributed by atoms with Crippen LogP contribution in [-0.2, 0) is 4.79 Å². The van der Waals surface area contributed by atoms with E-state index in [9.17, 15) is 4.79 Å². The van der Waals surface area contributed by atoms with Crippen LogP contribution in [0.2, 0.25) is 0 Å². The second-order valence-electron chi connectivity index (χ2n) is 3.57. The summed E-state index contributed by atoms with van der Waals surface area (Å²) in [7, 11) is 0. The molecule has 0 spiro atoms. The summed E-state index contributed by atoms with van der Waals surface area (Å²) >= 11 is 0. The van der Waals surface area contributed by atoms with Gasteiger partial charge >= 0.3 is 0 Å². The first-order valence-corrected chi connectivity index (χ1v) is 5.45. The van der Waals surface area contributed by atoms with Crippen molar-refractivity contribution in [1.82, 2.24) is 0 Å². The Balaban J connectivity index is 3.50. The molecule has 0 bridgehead atoms. The second-order valence-corrected chi connectivity index (χ2v) is 3.57. The molecule has 0 unspecified atom stereocenters. The van der Waals surface area contributed by atoms with E-state index in [1.54, 1.807) is 6.08 Å². The van der Waals surface area contributed by atoms with Crippen molar-refractivity contribution in [1.29, 1.82) is 0 Å². The van der Waals surface area contributed by atoms with Crippen molar-refractivity contribution in [3.8, 4) is 0 Å². The fourth-order valence-electron chi connectivity index (χ4n) is 1.50. The number of aldehydes is 1. The van der Waals surface area contributed by atoms with Crippen molar-refractivity contribution in [3.63, 3.8) is 0 Å². The molecule has 0 N–H and O–H groups in total. The van der Waals surface area contributed by atoms with Crippen LogP contribution in [0.15, 0.2) is 12.2 Å². The van der Waals surface area contributed by atoms with E-state index in [1.165, 1.54) is 32.1 Å². The lowest BCUT2D eigenvalue weighted by atomic mass is 9.95. The van der Waals surface area contributed by atoms with Gasteiger partial charge in [-0.25, -0.2) is 0 Å². The molecule has 1 heteroatoms. The monoisotopic (exact) mass is 182 g/mol. The lowest BCUT2D eigenvalue weighted by Gasteiger charge is -2.11. The summed E-state index contributed by atoms with van der Waals surface area (Å²) in [5.74, 6) is 0.780. The summed E-state index contributed by atoms with van der Waals surface area (Å²) in [6.07, 6.45) is 12.0. The lowest BCUT2D eigenvalue weighted by molar-refractivity contribution is -0.104. The molecule has 1 nitrogen and oxygen atoms in total. The van der Waals surface area contributed by atoms with E-state index in [-0.39, 0.29) is 0 Å². The third kappa shape index (κ3) is 7.76. The first kappa shape index (κ1) is 12.4. The normalized spacial score (nSPS) is 13.4. The highest BCUT2D eigenvalue weighted by Gasteiger charge is 2.02. The van der Waals surface area contributed by atoms with Gasteiger partial charge in [-0.3, -0.25) is 4.79 Å². The fraction of sp³-hybridized carbons (Fsp3) is 0.750. The molecular weight excluding hydrogens is 160 g/mol. The zero-order chi connectivity index (χ0) is 9.94. The van der Waals surface area contributed by atoms with Crippen LogP contribution in [0.1, 0.15) is 52.4 Å². The van der Waals surface area contributed by atoms with Crippen molar-refractivity contribution in [2.45, 2.75) is 52.4 Å². The van der Waals surface area contributed by atoms with Crippen LogP contribution in [0.25, 0.3) is 0 Å². The molecule has 0 aliphatic carbocycles. The number of rotatable bonds is 8. The Bertz CT molecular complexity index is 138. The highest BCUT2D eigenvalue weighted by molar-refractivity contribution is 5.64. The molecule has 1 atom stereocenters. The van der Waals surface area contributed by atoms with Crippen LogP contribution in [0, 0.1) is 5.92 Å². The van der Waals surface area contributed by atoms with Gasteiger partial charge in [0.25, 0.3) is 0 Å². The molecule has 0 saturated carbocycles. The maximum Gasteiger partial charge on any atom is 0.142 e. The van der Waals surface area contributed by atoms with Gasteiger partial charge < -0.3 is 0 Å². The molecule has 13 heavy (non-hydrogen) atoms. The predicted octanol–water partition coefficient (Wildman–Crippen LogP) is 3.74. The molecule has 0 fully saturated rings. The van der Waals surface area contributed by atoms with E-state index in [2.05, 4.69) is 13.8 Å². The quantitative estimate of drug-likeness (QED) is 0.317. The van der Waals surface area contributed by atoms with E-state index in [0.29, 0.717) is 0 Å².